The van der Waals surface area contributed by atoms with E-state index in [4.69, 9.17) is 0 Å². The predicted octanol–water partition coefficient (Wildman–Crippen LogP) is 4.44. The average molecular weight is 272 g/mol. The predicted molar refractivity (Wildman–Crippen MR) is 83.4 cm³/mol. The summed E-state index contributed by atoms with van der Waals surface area (Å²) in [6.07, 6.45) is 3.31. The fourth-order valence-electron chi connectivity index (χ4n) is 1.84. The van der Waals surface area contributed by atoms with Crippen LogP contribution in [-0.2, 0) is 9.59 Å². The second-order valence-corrected chi connectivity index (χ2v) is 5.82. The van der Waals surface area contributed by atoms with Gasteiger partial charge in [-0.15, -0.1) is 0 Å². The van der Waals surface area contributed by atoms with Crippen molar-refractivity contribution in [3.8, 4) is 0 Å². The third-order valence-electron chi connectivity index (χ3n) is 3.84. The summed E-state index contributed by atoms with van der Waals surface area (Å²) in [5.41, 5.74) is 1.40. The van der Waals surface area contributed by atoms with Gasteiger partial charge in [0.25, 0.3) is 0 Å². The molecule has 1 aromatic carbocycles. The molecular weight excluding hydrogens is 248 g/mol. The molecule has 0 N–H and O–H groups in total. The van der Waals surface area contributed by atoms with E-state index in [1.165, 1.54) is 0 Å². The highest BCUT2D eigenvalue weighted by Crippen LogP contribution is 2.23. The van der Waals surface area contributed by atoms with Crippen molar-refractivity contribution >= 4 is 17.6 Å². The van der Waals surface area contributed by atoms with E-state index in [0.717, 1.165) is 12.0 Å². The van der Waals surface area contributed by atoms with Crippen LogP contribution in [0.3, 0.4) is 0 Å². The smallest absolute Gasteiger partial charge is 0.159 e. The van der Waals surface area contributed by atoms with Crippen molar-refractivity contribution < 1.29 is 9.59 Å². The Balaban J connectivity index is 2.60. The Bertz CT molecular complexity index is 495. The fourth-order valence-corrected chi connectivity index (χ4v) is 1.84. The molecule has 0 unspecified atom stereocenters. The lowest BCUT2D eigenvalue weighted by atomic mass is 9.83. The molecule has 2 heteroatoms. The number of ketones is 2. The van der Waals surface area contributed by atoms with Gasteiger partial charge in [0.15, 0.2) is 5.78 Å². The molecule has 0 spiro atoms. The van der Waals surface area contributed by atoms with E-state index in [9.17, 15) is 9.59 Å². The molecule has 0 aliphatic rings. The highest BCUT2D eigenvalue weighted by molar-refractivity contribution is 6.01. The number of carbonyl (C=O) groups excluding carboxylic acids is 2. The Morgan fingerprint density at radius 3 is 2.25 bits per heavy atom. The third kappa shape index (κ3) is 4.76. The molecule has 0 bridgehead atoms. The highest BCUT2D eigenvalue weighted by Gasteiger charge is 2.25. The maximum Gasteiger partial charge on any atom is 0.159 e. The van der Waals surface area contributed by atoms with Crippen LogP contribution in [-0.4, -0.2) is 11.6 Å². The number of carbonyl (C=O) groups is 2. The van der Waals surface area contributed by atoms with Crippen molar-refractivity contribution in [3.63, 3.8) is 0 Å². The normalized spacial score (nSPS) is 12.3. The van der Waals surface area contributed by atoms with Gasteiger partial charge in [0, 0.05) is 18.3 Å². The van der Waals surface area contributed by atoms with Gasteiger partial charge in [0.05, 0.1) is 0 Å². The Hall–Kier alpha value is -1.70. The van der Waals surface area contributed by atoms with Gasteiger partial charge < -0.3 is 0 Å². The van der Waals surface area contributed by atoms with Crippen molar-refractivity contribution in [1.82, 2.24) is 0 Å². The Morgan fingerprint density at radius 2 is 1.70 bits per heavy atom. The molecule has 0 amide bonds. The van der Waals surface area contributed by atoms with E-state index < -0.39 is 0 Å². The lowest BCUT2D eigenvalue weighted by Crippen LogP contribution is -2.23. The van der Waals surface area contributed by atoms with Crippen molar-refractivity contribution in [2.24, 2.45) is 5.41 Å². The van der Waals surface area contributed by atoms with E-state index in [0.29, 0.717) is 18.4 Å². The molecule has 1 aromatic rings. The first kappa shape index (κ1) is 16.4. The van der Waals surface area contributed by atoms with Gasteiger partial charge in [-0.2, -0.15) is 0 Å². The van der Waals surface area contributed by atoms with E-state index in [-0.39, 0.29) is 17.0 Å². The SMILES string of the molecule is CCC(C)(C)C(=O)CCC(=O)/C(C)=C/c1ccccc1. The summed E-state index contributed by atoms with van der Waals surface area (Å²) in [4.78, 5) is 24.1. The average Bonchev–Trinajstić information content (AvgIpc) is 2.45. The molecule has 0 fully saturated rings. The van der Waals surface area contributed by atoms with Gasteiger partial charge in [0.2, 0.25) is 0 Å². The van der Waals surface area contributed by atoms with E-state index in [2.05, 4.69) is 0 Å². The van der Waals surface area contributed by atoms with Gasteiger partial charge >= 0.3 is 0 Å². The molecule has 0 aliphatic heterocycles. The molecular formula is C18H24O2. The Labute approximate surface area is 121 Å². The summed E-state index contributed by atoms with van der Waals surface area (Å²) < 4.78 is 0. The van der Waals surface area contributed by atoms with Crippen molar-refractivity contribution in [1.29, 1.82) is 0 Å². The van der Waals surface area contributed by atoms with Crippen LogP contribution in [0.2, 0.25) is 0 Å². The summed E-state index contributed by atoms with van der Waals surface area (Å²) in [7, 11) is 0. The largest absolute Gasteiger partial charge is 0.299 e. The first-order valence-corrected chi connectivity index (χ1v) is 7.16. The van der Waals surface area contributed by atoms with Crippen LogP contribution in [0.1, 0.15) is 52.5 Å². The summed E-state index contributed by atoms with van der Waals surface area (Å²) >= 11 is 0. The van der Waals surface area contributed by atoms with Crippen LogP contribution >= 0.6 is 0 Å². The van der Waals surface area contributed by atoms with Crippen LogP contribution < -0.4 is 0 Å². The van der Waals surface area contributed by atoms with Crippen LogP contribution in [0.5, 0.6) is 0 Å². The zero-order chi connectivity index (χ0) is 15.2. The third-order valence-corrected chi connectivity index (χ3v) is 3.84. The van der Waals surface area contributed by atoms with Crippen LogP contribution in [0.4, 0.5) is 0 Å². The van der Waals surface area contributed by atoms with Gasteiger partial charge in [-0.1, -0.05) is 51.1 Å². The number of benzene rings is 1. The zero-order valence-electron chi connectivity index (χ0n) is 12.9. The molecule has 0 atom stereocenters. The Kier molecular flexibility index (Phi) is 5.87. The molecule has 0 saturated heterocycles. The summed E-state index contributed by atoms with van der Waals surface area (Å²) in [6.45, 7) is 7.68. The molecule has 0 saturated carbocycles. The second kappa shape index (κ2) is 7.18. The van der Waals surface area contributed by atoms with Crippen LogP contribution in [0.15, 0.2) is 35.9 Å². The number of rotatable bonds is 7. The number of Topliss-reactive ketones (excluding diaryl/α,β-unsaturated/α-hetero) is 2. The fraction of sp³-hybridized carbons (Fsp3) is 0.444. The standard InChI is InChI=1S/C18H24O2/c1-5-18(3,4)17(20)12-11-16(19)14(2)13-15-9-7-6-8-10-15/h6-10,13H,5,11-12H2,1-4H3/b14-13+. The highest BCUT2D eigenvalue weighted by atomic mass is 16.1. The first-order valence-electron chi connectivity index (χ1n) is 7.16. The number of hydrogen-bond acceptors (Lipinski definition) is 2. The zero-order valence-corrected chi connectivity index (χ0v) is 12.9. The lowest BCUT2D eigenvalue weighted by molar-refractivity contribution is -0.129. The first-order chi connectivity index (χ1) is 9.36. The Morgan fingerprint density at radius 1 is 1.10 bits per heavy atom. The molecule has 2 nitrogen and oxygen atoms in total. The number of hydrogen-bond donors (Lipinski definition) is 0. The van der Waals surface area contributed by atoms with E-state index in [1.54, 1.807) is 0 Å². The molecule has 0 aliphatic carbocycles. The lowest BCUT2D eigenvalue weighted by Gasteiger charge is -2.20. The monoisotopic (exact) mass is 272 g/mol. The summed E-state index contributed by atoms with van der Waals surface area (Å²) in [5.74, 6) is 0.218. The minimum atomic E-state index is -0.322. The van der Waals surface area contributed by atoms with Gasteiger partial charge in [-0.25, -0.2) is 0 Å². The quantitative estimate of drug-likeness (QED) is 0.687. The number of allylic oxidation sites excluding steroid dienone is 1. The molecule has 20 heavy (non-hydrogen) atoms. The second-order valence-electron chi connectivity index (χ2n) is 5.82. The van der Waals surface area contributed by atoms with Gasteiger partial charge in [-0.3, -0.25) is 9.59 Å². The van der Waals surface area contributed by atoms with Crippen LogP contribution in [0.25, 0.3) is 6.08 Å². The summed E-state index contributed by atoms with van der Waals surface area (Å²) in [5, 5.41) is 0. The molecule has 0 heterocycles. The van der Waals surface area contributed by atoms with Gasteiger partial charge in [0.1, 0.15) is 5.78 Å². The minimum Gasteiger partial charge on any atom is -0.299 e. The van der Waals surface area contributed by atoms with Crippen molar-refractivity contribution in [3.05, 3.63) is 41.5 Å². The minimum absolute atomic E-state index is 0.0501. The van der Waals surface area contributed by atoms with Crippen molar-refractivity contribution in [2.45, 2.75) is 47.0 Å². The van der Waals surface area contributed by atoms with E-state index in [1.807, 2.05) is 64.1 Å². The molecule has 0 aromatic heterocycles. The van der Waals surface area contributed by atoms with Gasteiger partial charge in [-0.05, 0) is 30.6 Å². The van der Waals surface area contributed by atoms with E-state index >= 15 is 0 Å². The maximum absolute atomic E-state index is 12.0. The molecule has 1 rings (SSSR count). The topological polar surface area (TPSA) is 34.1 Å². The summed E-state index contributed by atoms with van der Waals surface area (Å²) in [6, 6.07) is 9.75. The molecule has 0 radical (unpaired) electrons. The molecule has 108 valence electrons. The van der Waals surface area contributed by atoms with Crippen LogP contribution in [0, 0.1) is 5.41 Å². The maximum atomic E-state index is 12.0. The van der Waals surface area contributed by atoms with Crippen molar-refractivity contribution in [2.75, 3.05) is 0 Å².